The van der Waals surface area contributed by atoms with Crippen LogP contribution in [0.25, 0.3) is 10.8 Å². The first-order valence-corrected chi connectivity index (χ1v) is 14.8. The number of aromatic nitrogens is 2. The van der Waals surface area contributed by atoms with E-state index in [9.17, 15) is 24.6 Å². The van der Waals surface area contributed by atoms with Crippen LogP contribution < -0.4 is 10.2 Å². The average Bonchev–Trinajstić information content (AvgIpc) is 3.51. The van der Waals surface area contributed by atoms with Crippen LogP contribution in [0.1, 0.15) is 72.5 Å². The van der Waals surface area contributed by atoms with Crippen molar-refractivity contribution in [2.24, 2.45) is 5.41 Å². The highest BCUT2D eigenvalue weighted by atomic mass is 16.5. The Morgan fingerprint density at radius 1 is 1.07 bits per heavy atom. The van der Waals surface area contributed by atoms with Gasteiger partial charge >= 0.3 is 0 Å². The van der Waals surface area contributed by atoms with Crippen molar-refractivity contribution in [2.75, 3.05) is 24.5 Å². The van der Waals surface area contributed by atoms with Crippen molar-refractivity contribution in [3.05, 3.63) is 59.4 Å². The first kappa shape index (κ1) is 27.3. The fourth-order valence-corrected chi connectivity index (χ4v) is 7.36. The Morgan fingerprint density at radius 3 is 2.55 bits per heavy atom. The molecule has 1 unspecified atom stereocenters. The molecule has 11 heteroatoms. The maximum Gasteiger partial charge on any atom is 0.259 e. The van der Waals surface area contributed by atoms with Gasteiger partial charge < -0.3 is 15.1 Å². The van der Waals surface area contributed by atoms with E-state index in [0.29, 0.717) is 30.6 Å². The van der Waals surface area contributed by atoms with Crippen molar-refractivity contribution in [1.82, 2.24) is 20.0 Å². The highest BCUT2D eigenvalue weighted by molar-refractivity contribution is 6.27. The third-order valence-corrected chi connectivity index (χ3v) is 9.94. The number of nitrogens with one attached hydrogen (secondary N) is 1. The van der Waals surface area contributed by atoms with Gasteiger partial charge in [0.25, 0.3) is 5.91 Å². The SMILES string of the molecule is [B]C(O)(O)C1(CN2CCC(n3cc(Cc4ccc5c6c(cccc46)C(=O)N5C4CCC(=O)NC4=O)cn3)CC2)CCC1. The summed E-state index contributed by atoms with van der Waals surface area (Å²) >= 11 is 0. The minimum Gasteiger partial charge on any atom is -0.374 e. The van der Waals surface area contributed by atoms with Gasteiger partial charge in [0.2, 0.25) is 11.8 Å². The predicted molar refractivity (Wildman–Crippen MR) is 156 cm³/mol. The molecule has 3 aliphatic heterocycles. The number of nitrogens with zero attached hydrogens (tertiary/aromatic N) is 4. The largest absolute Gasteiger partial charge is 0.374 e. The number of aliphatic hydroxyl groups is 2. The Kier molecular flexibility index (Phi) is 6.52. The number of amides is 3. The molecule has 4 aliphatic rings. The first-order chi connectivity index (χ1) is 20.1. The molecule has 2 saturated heterocycles. The van der Waals surface area contributed by atoms with Crippen LogP contribution in [0.2, 0.25) is 0 Å². The fraction of sp³-hybridized carbons (Fsp3) is 0.484. The standard InChI is InChI=1S/C31H34BN5O5/c32-31(41,42)30(11-2-12-30)18-35-13-9-21(10-14-35)36-17-19(16-33-36)15-20-5-6-24-27-22(20)3-1-4-23(27)29(40)37(24)25-7-8-26(38)34-28(25)39/h1,3-6,16-17,21,25,41-42H,2,7-15,18H2,(H,34,38,39). The van der Waals surface area contributed by atoms with Crippen LogP contribution in [0.5, 0.6) is 0 Å². The number of benzene rings is 2. The summed E-state index contributed by atoms with van der Waals surface area (Å²) in [7, 11) is 5.71. The van der Waals surface area contributed by atoms with E-state index in [1.807, 2.05) is 35.1 Å². The quantitative estimate of drug-likeness (QED) is 0.227. The molecule has 1 aliphatic carbocycles. The van der Waals surface area contributed by atoms with E-state index in [-0.39, 0.29) is 24.3 Å². The number of anilines is 1. The number of imide groups is 1. The maximum atomic E-state index is 13.4. The predicted octanol–water partition coefficient (Wildman–Crippen LogP) is 2.01. The first-order valence-electron chi connectivity index (χ1n) is 14.8. The van der Waals surface area contributed by atoms with E-state index in [4.69, 9.17) is 12.9 Å². The van der Waals surface area contributed by atoms with Gasteiger partial charge in [0.05, 0.1) is 17.9 Å². The summed E-state index contributed by atoms with van der Waals surface area (Å²) in [4.78, 5) is 41.6. The van der Waals surface area contributed by atoms with Crippen molar-refractivity contribution in [3.63, 3.8) is 0 Å². The number of likely N-dealkylation sites (tertiary alicyclic amines) is 1. The van der Waals surface area contributed by atoms with Gasteiger partial charge in [-0.15, -0.1) is 0 Å². The Morgan fingerprint density at radius 2 is 1.86 bits per heavy atom. The zero-order chi connectivity index (χ0) is 29.2. The lowest BCUT2D eigenvalue weighted by atomic mass is 9.57. The van der Waals surface area contributed by atoms with E-state index in [2.05, 4.69) is 16.4 Å². The van der Waals surface area contributed by atoms with Gasteiger partial charge in [-0.3, -0.25) is 29.3 Å². The number of hydrogen-bond donors (Lipinski definition) is 3. The van der Waals surface area contributed by atoms with Crippen LogP contribution in [0, 0.1) is 5.41 Å². The summed E-state index contributed by atoms with van der Waals surface area (Å²) in [6, 6.07) is 9.20. The zero-order valence-electron chi connectivity index (χ0n) is 23.5. The molecular formula is C31H34BN5O5. The van der Waals surface area contributed by atoms with E-state index in [0.717, 1.165) is 67.1 Å². The van der Waals surface area contributed by atoms with Crippen molar-refractivity contribution >= 4 is 42.0 Å². The summed E-state index contributed by atoms with van der Waals surface area (Å²) in [6.07, 6.45) is 9.46. The molecule has 3 amide bonds. The second-order valence-corrected chi connectivity index (χ2v) is 12.5. The van der Waals surface area contributed by atoms with Crippen LogP contribution in [0.4, 0.5) is 5.69 Å². The summed E-state index contributed by atoms with van der Waals surface area (Å²) in [6.45, 7) is 2.30. The minimum atomic E-state index is -2.14. The fourth-order valence-electron chi connectivity index (χ4n) is 7.36. The summed E-state index contributed by atoms with van der Waals surface area (Å²) in [5, 5.41) is 29.1. The van der Waals surface area contributed by atoms with Gasteiger partial charge in [-0.25, -0.2) is 0 Å². The molecule has 10 nitrogen and oxygen atoms in total. The number of carbonyl (C=O) groups excluding carboxylic acids is 3. The average molecular weight is 567 g/mol. The normalized spacial score (nSPS) is 23.0. The highest BCUT2D eigenvalue weighted by Gasteiger charge is 2.50. The molecular weight excluding hydrogens is 533 g/mol. The van der Waals surface area contributed by atoms with Gasteiger partial charge in [-0.2, -0.15) is 5.10 Å². The lowest BCUT2D eigenvalue weighted by molar-refractivity contribution is -0.213. The molecule has 0 bridgehead atoms. The molecule has 3 N–H and O–H groups in total. The number of carbonyl (C=O) groups is 3. The second-order valence-electron chi connectivity index (χ2n) is 12.5. The van der Waals surface area contributed by atoms with Crippen LogP contribution in [-0.4, -0.2) is 81.8 Å². The van der Waals surface area contributed by atoms with Crippen molar-refractivity contribution < 1.29 is 24.6 Å². The zero-order valence-corrected chi connectivity index (χ0v) is 23.5. The molecule has 4 heterocycles. The maximum absolute atomic E-state index is 13.4. The third-order valence-electron chi connectivity index (χ3n) is 9.94. The summed E-state index contributed by atoms with van der Waals surface area (Å²) in [5.41, 5.74) is 0.664. The third kappa shape index (κ3) is 4.45. The molecule has 1 aromatic heterocycles. The number of rotatable bonds is 7. The lowest BCUT2D eigenvalue weighted by Crippen LogP contribution is -2.59. The minimum absolute atomic E-state index is 0.209. The Balaban J connectivity index is 1.06. The van der Waals surface area contributed by atoms with Gasteiger partial charge in [0.15, 0.2) is 7.85 Å². The summed E-state index contributed by atoms with van der Waals surface area (Å²) < 4.78 is 2.05. The van der Waals surface area contributed by atoms with Crippen LogP contribution in [-0.2, 0) is 16.0 Å². The molecule has 2 aromatic carbocycles. The number of hydrogen-bond acceptors (Lipinski definition) is 7. The van der Waals surface area contributed by atoms with Gasteiger partial charge in [-0.1, -0.05) is 24.6 Å². The van der Waals surface area contributed by atoms with Crippen molar-refractivity contribution in [2.45, 2.75) is 69.1 Å². The molecule has 2 radical (unpaired) electrons. The van der Waals surface area contributed by atoms with Gasteiger partial charge in [0, 0.05) is 55.0 Å². The van der Waals surface area contributed by atoms with Crippen LogP contribution >= 0.6 is 0 Å². The highest BCUT2D eigenvalue weighted by Crippen LogP contribution is 2.48. The molecule has 216 valence electrons. The smallest absolute Gasteiger partial charge is 0.259 e. The molecule has 0 spiro atoms. The van der Waals surface area contributed by atoms with E-state index >= 15 is 0 Å². The monoisotopic (exact) mass is 567 g/mol. The Hall–Kier alpha value is -3.54. The van der Waals surface area contributed by atoms with E-state index in [1.54, 1.807) is 11.0 Å². The molecule has 1 saturated carbocycles. The topological polar surface area (TPSA) is 128 Å². The Labute approximate surface area is 245 Å². The number of piperidine rings is 2. The molecule has 7 rings (SSSR count). The second kappa shape index (κ2) is 10.0. The molecule has 3 aromatic rings. The van der Waals surface area contributed by atoms with Crippen molar-refractivity contribution in [1.29, 1.82) is 0 Å². The lowest BCUT2D eigenvalue weighted by Gasteiger charge is -2.52. The van der Waals surface area contributed by atoms with Crippen LogP contribution in [0.3, 0.4) is 0 Å². The van der Waals surface area contributed by atoms with Crippen LogP contribution in [0.15, 0.2) is 42.7 Å². The summed E-state index contributed by atoms with van der Waals surface area (Å²) in [5.74, 6) is -0.945. The van der Waals surface area contributed by atoms with Gasteiger partial charge in [0.1, 0.15) is 11.7 Å². The van der Waals surface area contributed by atoms with Gasteiger partial charge in [-0.05, 0) is 60.7 Å². The van der Waals surface area contributed by atoms with Crippen molar-refractivity contribution in [3.8, 4) is 0 Å². The van der Waals surface area contributed by atoms with E-state index < -0.39 is 23.1 Å². The Bertz CT molecular complexity index is 1580. The molecule has 42 heavy (non-hydrogen) atoms. The molecule has 3 fully saturated rings. The molecule has 1 atom stereocenters. The van der Waals surface area contributed by atoms with E-state index in [1.165, 1.54) is 0 Å².